The van der Waals surface area contributed by atoms with Crippen LogP contribution in [0.15, 0.2) is 125 Å². The van der Waals surface area contributed by atoms with Gasteiger partial charge in [0.25, 0.3) is 11.1 Å². The minimum Gasteiger partial charge on any atom is -0.507 e. The van der Waals surface area contributed by atoms with Crippen molar-refractivity contribution in [3.63, 3.8) is 0 Å². The lowest BCUT2D eigenvalue weighted by molar-refractivity contribution is 0.0976. The molecule has 51 heavy (non-hydrogen) atoms. The summed E-state index contributed by atoms with van der Waals surface area (Å²) in [5, 5.41) is 36.8. The first-order valence-electron chi connectivity index (χ1n) is 16.0. The van der Waals surface area contributed by atoms with Gasteiger partial charge in [-0.05, 0) is 29.5 Å². The van der Waals surface area contributed by atoms with Gasteiger partial charge in [0, 0.05) is 25.2 Å². The van der Waals surface area contributed by atoms with Gasteiger partial charge in [0.15, 0.2) is 11.3 Å². The van der Waals surface area contributed by atoms with Crippen LogP contribution in [0.4, 0.5) is 11.6 Å². The summed E-state index contributed by atoms with van der Waals surface area (Å²) >= 11 is 0. The number of anilines is 2. The first-order valence-corrected chi connectivity index (χ1v) is 16.0. The molecule has 4 heterocycles. The Hall–Kier alpha value is -6.96. The van der Waals surface area contributed by atoms with Crippen molar-refractivity contribution in [2.45, 2.75) is 19.4 Å². The number of nitrogens with one attached hydrogen (secondary N) is 2. The molecule has 0 aliphatic carbocycles. The Morgan fingerprint density at radius 2 is 1.04 bits per heavy atom. The quantitative estimate of drug-likeness (QED) is 0.122. The topological polar surface area (TPSA) is 190 Å². The standard InChI is InChI=1S/C22H20N4O3.C15H14N4O3/c27-18-13-19(28)26(29-14-17-9-5-2-6-10-17)22-20(18)21(24-15-25-22)23-12-11-16-7-3-1-4-8-16;20-11-8-12(21)19(22)15-13(11)14(17-9-18-15)16-7-6-10-4-2-1-3-5-10/h1-10,13,15,27H,11-12,14H2,(H,23,24,25);1-5,8-9,20,22H,6-7H2,(H,16,17,18). The van der Waals surface area contributed by atoms with Crippen LogP contribution in [0, 0.1) is 0 Å². The largest absolute Gasteiger partial charge is 0.507 e. The molecule has 0 spiro atoms. The highest BCUT2D eigenvalue weighted by Gasteiger charge is 2.16. The predicted octanol–water partition coefficient (Wildman–Crippen LogP) is 4.17. The van der Waals surface area contributed by atoms with Gasteiger partial charge >= 0.3 is 0 Å². The number of nitrogens with zero attached hydrogens (tertiary/aromatic N) is 6. The average Bonchev–Trinajstić information content (AvgIpc) is 3.15. The second-order valence-electron chi connectivity index (χ2n) is 11.3. The zero-order valence-electron chi connectivity index (χ0n) is 27.3. The maximum absolute atomic E-state index is 12.4. The van der Waals surface area contributed by atoms with E-state index in [0.29, 0.717) is 34.8 Å². The highest BCUT2D eigenvalue weighted by molar-refractivity contribution is 5.92. The van der Waals surface area contributed by atoms with E-state index in [1.165, 1.54) is 18.2 Å². The van der Waals surface area contributed by atoms with Crippen molar-refractivity contribution in [3.8, 4) is 11.5 Å². The van der Waals surface area contributed by atoms with Crippen LogP contribution in [0.2, 0.25) is 0 Å². The van der Waals surface area contributed by atoms with Gasteiger partial charge in [-0.15, -0.1) is 9.46 Å². The molecule has 0 atom stereocenters. The molecule has 0 fully saturated rings. The maximum atomic E-state index is 12.4. The number of benzene rings is 3. The van der Waals surface area contributed by atoms with Crippen molar-refractivity contribution in [3.05, 3.63) is 153 Å². The van der Waals surface area contributed by atoms with Crippen LogP contribution in [0.25, 0.3) is 22.1 Å². The van der Waals surface area contributed by atoms with Crippen LogP contribution in [0.5, 0.6) is 11.5 Å². The van der Waals surface area contributed by atoms with E-state index >= 15 is 0 Å². The minimum absolute atomic E-state index is 0.0396. The molecule has 14 heteroatoms. The van der Waals surface area contributed by atoms with Gasteiger partial charge in [-0.2, -0.15) is 0 Å². The van der Waals surface area contributed by atoms with E-state index < -0.39 is 11.1 Å². The molecule has 0 radical (unpaired) electrons. The summed E-state index contributed by atoms with van der Waals surface area (Å²) < 4.78 is 1.48. The normalized spacial score (nSPS) is 10.7. The third-order valence-electron chi connectivity index (χ3n) is 7.79. The summed E-state index contributed by atoms with van der Waals surface area (Å²) in [4.78, 5) is 45.8. The fourth-order valence-electron chi connectivity index (χ4n) is 5.29. The maximum Gasteiger partial charge on any atom is 0.288 e. The third kappa shape index (κ3) is 8.20. The predicted molar refractivity (Wildman–Crippen MR) is 192 cm³/mol. The molecule has 0 aliphatic rings. The molecule has 4 aromatic heterocycles. The summed E-state index contributed by atoms with van der Waals surface area (Å²) in [6, 6.07) is 31.5. The second kappa shape index (κ2) is 16.0. The smallest absolute Gasteiger partial charge is 0.288 e. The van der Waals surface area contributed by atoms with E-state index in [2.05, 4.69) is 30.6 Å². The summed E-state index contributed by atoms with van der Waals surface area (Å²) in [6.07, 6.45) is 4.12. The molecule has 7 aromatic rings. The van der Waals surface area contributed by atoms with Crippen LogP contribution in [0.1, 0.15) is 16.7 Å². The molecule has 5 N–H and O–H groups in total. The van der Waals surface area contributed by atoms with Gasteiger partial charge in [0.1, 0.15) is 53.2 Å². The molecule has 3 aromatic carbocycles. The highest BCUT2D eigenvalue weighted by Crippen LogP contribution is 2.28. The van der Waals surface area contributed by atoms with Gasteiger partial charge in [0.05, 0.1) is 0 Å². The Kier molecular flexibility index (Phi) is 10.6. The van der Waals surface area contributed by atoms with Gasteiger partial charge in [-0.1, -0.05) is 91.0 Å². The van der Waals surface area contributed by atoms with E-state index in [1.807, 2.05) is 91.0 Å². The summed E-state index contributed by atoms with van der Waals surface area (Å²) in [5.74, 6) is 0.349. The van der Waals surface area contributed by atoms with Crippen LogP contribution in [-0.4, -0.2) is 57.9 Å². The monoisotopic (exact) mass is 686 g/mol. The van der Waals surface area contributed by atoms with E-state index in [4.69, 9.17) is 4.84 Å². The second-order valence-corrected chi connectivity index (χ2v) is 11.3. The molecule has 0 aliphatic heterocycles. The average molecular weight is 687 g/mol. The Morgan fingerprint density at radius 3 is 1.57 bits per heavy atom. The van der Waals surface area contributed by atoms with E-state index in [0.717, 1.165) is 40.8 Å². The van der Waals surface area contributed by atoms with Crippen molar-refractivity contribution in [1.29, 1.82) is 0 Å². The van der Waals surface area contributed by atoms with Gasteiger partial charge in [-0.25, -0.2) is 19.9 Å². The van der Waals surface area contributed by atoms with Crippen molar-refractivity contribution in [1.82, 2.24) is 29.4 Å². The lowest BCUT2D eigenvalue weighted by Crippen LogP contribution is -2.27. The Labute approximate surface area is 290 Å². The Balaban J connectivity index is 0.000000183. The van der Waals surface area contributed by atoms with Gasteiger partial charge in [0.2, 0.25) is 0 Å². The van der Waals surface area contributed by atoms with Crippen LogP contribution in [-0.2, 0) is 19.4 Å². The lowest BCUT2D eigenvalue weighted by Gasteiger charge is -2.14. The SMILES string of the molecule is O=c1cc(O)c2c(NCCc3ccccc3)ncnc2n1O.O=c1cc(O)c2c(NCCc3ccccc3)ncnc2n1OCc1ccccc1. The fraction of sp³-hybridized carbons (Fsp3) is 0.135. The van der Waals surface area contributed by atoms with Crippen molar-refractivity contribution >= 4 is 33.7 Å². The van der Waals surface area contributed by atoms with Crippen LogP contribution >= 0.6 is 0 Å². The minimum atomic E-state index is -0.751. The molecule has 0 amide bonds. The number of fused-ring (bicyclic) bond motifs is 2. The number of rotatable bonds is 11. The zero-order valence-corrected chi connectivity index (χ0v) is 27.3. The molecule has 0 saturated heterocycles. The Morgan fingerprint density at radius 1 is 0.588 bits per heavy atom. The summed E-state index contributed by atoms with van der Waals surface area (Å²) in [5.41, 5.74) is 2.18. The summed E-state index contributed by atoms with van der Waals surface area (Å²) in [7, 11) is 0. The fourth-order valence-corrected chi connectivity index (χ4v) is 5.29. The van der Waals surface area contributed by atoms with Crippen LogP contribution in [0.3, 0.4) is 0 Å². The number of hydrogen-bond donors (Lipinski definition) is 5. The van der Waals surface area contributed by atoms with Crippen molar-refractivity contribution < 1.29 is 20.3 Å². The summed E-state index contributed by atoms with van der Waals surface area (Å²) in [6.45, 7) is 1.39. The van der Waals surface area contributed by atoms with Crippen molar-refractivity contribution in [2.24, 2.45) is 0 Å². The van der Waals surface area contributed by atoms with Crippen molar-refractivity contribution in [2.75, 3.05) is 23.7 Å². The van der Waals surface area contributed by atoms with Gasteiger partial charge < -0.3 is 30.9 Å². The molecule has 0 saturated carbocycles. The first kappa shape index (κ1) is 33.9. The number of hydrogen-bond acceptors (Lipinski definition) is 12. The number of aromatic nitrogens is 6. The number of pyridine rings is 2. The van der Waals surface area contributed by atoms with E-state index in [1.54, 1.807) is 0 Å². The third-order valence-corrected chi connectivity index (χ3v) is 7.79. The van der Waals surface area contributed by atoms with E-state index in [9.17, 15) is 25.0 Å². The first-order chi connectivity index (χ1) is 24.9. The molecular weight excluding hydrogens is 652 g/mol. The molecule has 7 rings (SSSR count). The van der Waals surface area contributed by atoms with E-state index in [-0.39, 0.29) is 34.8 Å². The molecule has 0 unspecified atom stereocenters. The van der Waals surface area contributed by atoms with Crippen LogP contribution < -0.4 is 26.6 Å². The molecular formula is C37H34N8O6. The lowest BCUT2D eigenvalue weighted by atomic mass is 10.1. The highest BCUT2D eigenvalue weighted by atomic mass is 16.7. The van der Waals surface area contributed by atoms with Gasteiger partial charge in [-0.3, -0.25) is 9.59 Å². The molecule has 258 valence electrons. The zero-order chi connectivity index (χ0) is 35.6. The Bertz CT molecular complexity index is 2350. The molecule has 14 nitrogen and oxygen atoms in total. The molecule has 0 bridgehead atoms. The number of aromatic hydroxyl groups is 2.